The SMILES string of the molecule is CCC(C(=O)O)N(C)C(=O)N(CC(C)C)C(CC)CC. The van der Waals surface area contributed by atoms with E-state index in [1.165, 1.54) is 4.90 Å². The lowest BCUT2D eigenvalue weighted by Gasteiger charge is -2.37. The first kappa shape index (κ1) is 18.7. The lowest BCUT2D eigenvalue weighted by Crippen LogP contribution is -2.52. The Morgan fingerprint density at radius 2 is 1.55 bits per heavy atom. The largest absolute Gasteiger partial charge is 0.480 e. The van der Waals surface area contributed by atoms with Crippen molar-refractivity contribution in [3.05, 3.63) is 0 Å². The number of amides is 2. The first-order valence-electron chi connectivity index (χ1n) is 7.56. The highest BCUT2D eigenvalue weighted by molar-refractivity contribution is 5.82. The van der Waals surface area contributed by atoms with Gasteiger partial charge in [0.25, 0.3) is 0 Å². The van der Waals surface area contributed by atoms with Gasteiger partial charge in [0, 0.05) is 19.6 Å². The number of urea groups is 1. The Kier molecular flexibility index (Phi) is 8.26. The minimum Gasteiger partial charge on any atom is -0.480 e. The molecule has 0 aromatic carbocycles. The zero-order chi connectivity index (χ0) is 15.9. The maximum absolute atomic E-state index is 12.6. The molecule has 0 saturated heterocycles. The van der Waals surface area contributed by atoms with Gasteiger partial charge in [-0.3, -0.25) is 0 Å². The van der Waals surface area contributed by atoms with Gasteiger partial charge in [0.1, 0.15) is 6.04 Å². The standard InChI is InChI=1S/C15H30N2O3/c1-7-12(8-2)17(10-11(4)5)15(20)16(6)13(9-3)14(18)19/h11-13H,7-10H2,1-6H3,(H,18,19). The Morgan fingerprint density at radius 3 is 1.85 bits per heavy atom. The third kappa shape index (κ3) is 5.02. The van der Waals surface area contributed by atoms with E-state index in [0.717, 1.165) is 12.8 Å². The summed E-state index contributed by atoms with van der Waals surface area (Å²) in [5.41, 5.74) is 0. The number of carbonyl (C=O) groups is 2. The van der Waals surface area contributed by atoms with Gasteiger partial charge in [-0.1, -0.05) is 34.6 Å². The maximum Gasteiger partial charge on any atom is 0.326 e. The second-order valence-electron chi connectivity index (χ2n) is 5.67. The monoisotopic (exact) mass is 286 g/mol. The molecule has 0 fully saturated rings. The first-order chi connectivity index (χ1) is 9.29. The molecule has 0 aliphatic rings. The van der Waals surface area contributed by atoms with Crippen molar-refractivity contribution in [3.63, 3.8) is 0 Å². The summed E-state index contributed by atoms with van der Waals surface area (Å²) in [7, 11) is 1.58. The van der Waals surface area contributed by atoms with Crippen LogP contribution in [0.4, 0.5) is 4.79 Å². The summed E-state index contributed by atoms with van der Waals surface area (Å²) in [6.45, 7) is 10.7. The van der Waals surface area contributed by atoms with E-state index in [2.05, 4.69) is 27.7 Å². The van der Waals surface area contributed by atoms with Crippen molar-refractivity contribution in [2.75, 3.05) is 13.6 Å². The first-order valence-corrected chi connectivity index (χ1v) is 7.56. The molecule has 1 N–H and O–H groups in total. The molecule has 0 saturated carbocycles. The van der Waals surface area contributed by atoms with Gasteiger partial charge in [-0.2, -0.15) is 0 Å². The van der Waals surface area contributed by atoms with Crippen LogP contribution in [0.2, 0.25) is 0 Å². The summed E-state index contributed by atoms with van der Waals surface area (Å²) >= 11 is 0. The number of aliphatic carboxylic acids is 1. The van der Waals surface area contributed by atoms with Gasteiger partial charge >= 0.3 is 12.0 Å². The predicted molar refractivity (Wildman–Crippen MR) is 80.8 cm³/mol. The lowest BCUT2D eigenvalue weighted by molar-refractivity contribution is -0.142. The Morgan fingerprint density at radius 1 is 1.05 bits per heavy atom. The smallest absolute Gasteiger partial charge is 0.326 e. The van der Waals surface area contributed by atoms with Crippen molar-refractivity contribution in [2.45, 2.75) is 66.0 Å². The minimum absolute atomic E-state index is 0.165. The van der Waals surface area contributed by atoms with Crippen molar-refractivity contribution in [1.82, 2.24) is 9.80 Å². The number of hydrogen-bond donors (Lipinski definition) is 1. The third-order valence-corrected chi connectivity index (χ3v) is 3.63. The second-order valence-corrected chi connectivity index (χ2v) is 5.67. The zero-order valence-corrected chi connectivity index (χ0v) is 13.7. The van der Waals surface area contributed by atoms with E-state index in [4.69, 9.17) is 0 Å². The van der Waals surface area contributed by atoms with Gasteiger partial charge in [0.2, 0.25) is 0 Å². The number of carboxylic acid groups (broad SMARTS) is 1. The molecule has 1 atom stereocenters. The summed E-state index contributed by atoms with van der Waals surface area (Å²) in [5.74, 6) is -0.588. The topological polar surface area (TPSA) is 60.9 Å². The van der Waals surface area contributed by atoms with E-state index in [1.54, 1.807) is 14.0 Å². The Balaban J connectivity index is 5.15. The van der Waals surface area contributed by atoms with Crippen LogP contribution in [0.5, 0.6) is 0 Å². The Bertz CT molecular complexity index is 314. The van der Waals surface area contributed by atoms with Crippen LogP contribution in [-0.4, -0.2) is 52.6 Å². The molecular weight excluding hydrogens is 256 g/mol. The molecule has 0 rings (SSSR count). The molecule has 5 nitrogen and oxygen atoms in total. The highest BCUT2D eigenvalue weighted by Crippen LogP contribution is 2.16. The van der Waals surface area contributed by atoms with Crippen LogP contribution in [0.25, 0.3) is 0 Å². The molecule has 0 aromatic heterocycles. The molecule has 1 unspecified atom stereocenters. The van der Waals surface area contributed by atoms with Gasteiger partial charge in [-0.05, 0) is 25.2 Å². The van der Waals surface area contributed by atoms with Crippen LogP contribution in [0.3, 0.4) is 0 Å². The molecule has 0 radical (unpaired) electrons. The van der Waals surface area contributed by atoms with Gasteiger partial charge in [-0.25, -0.2) is 9.59 Å². The summed E-state index contributed by atoms with van der Waals surface area (Å²) in [4.78, 5) is 27.0. The van der Waals surface area contributed by atoms with Gasteiger partial charge in [0.05, 0.1) is 0 Å². The van der Waals surface area contributed by atoms with Crippen LogP contribution < -0.4 is 0 Å². The quantitative estimate of drug-likeness (QED) is 0.746. The van der Waals surface area contributed by atoms with Crippen molar-refractivity contribution in [3.8, 4) is 0 Å². The number of carboxylic acids is 1. The van der Waals surface area contributed by atoms with Crippen LogP contribution in [-0.2, 0) is 4.79 Å². The number of carbonyl (C=O) groups excluding carboxylic acids is 1. The summed E-state index contributed by atoms with van der Waals surface area (Å²) in [6.07, 6.45) is 2.18. The van der Waals surface area contributed by atoms with Crippen LogP contribution in [0.1, 0.15) is 53.9 Å². The number of nitrogens with zero attached hydrogens (tertiary/aromatic N) is 2. The van der Waals surface area contributed by atoms with Gasteiger partial charge < -0.3 is 14.9 Å². The molecule has 118 valence electrons. The van der Waals surface area contributed by atoms with Gasteiger partial charge in [0.15, 0.2) is 0 Å². The minimum atomic E-state index is -0.947. The Labute approximate surface area is 122 Å². The van der Waals surface area contributed by atoms with Crippen molar-refractivity contribution in [2.24, 2.45) is 5.92 Å². The van der Waals surface area contributed by atoms with Crippen molar-refractivity contribution >= 4 is 12.0 Å². The van der Waals surface area contributed by atoms with E-state index >= 15 is 0 Å². The molecule has 5 heteroatoms. The molecular formula is C15H30N2O3. The predicted octanol–water partition coefficient (Wildman–Crippen LogP) is 3.05. The maximum atomic E-state index is 12.6. The second kappa shape index (κ2) is 8.82. The zero-order valence-electron chi connectivity index (χ0n) is 13.7. The van der Waals surface area contributed by atoms with E-state index in [9.17, 15) is 14.7 Å². The fourth-order valence-electron chi connectivity index (χ4n) is 2.46. The normalized spacial score (nSPS) is 12.6. The van der Waals surface area contributed by atoms with Gasteiger partial charge in [-0.15, -0.1) is 0 Å². The lowest BCUT2D eigenvalue weighted by atomic mass is 10.1. The average Bonchev–Trinajstić information content (AvgIpc) is 2.37. The average molecular weight is 286 g/mol. The molecule has 0 heterocycles. The molecule has 0 spiro atoms. The molecule has 0 aliphatic carbocycles. The van der Waals surface area contributed by atoms with Crippen LogP contribution >= 0.6 is 0 Å². The van der Waals surface area contributed by atoms with Crippen LogP contribution in [0, 0.1) is 5.92 Å². The summed E-state index contributed by atoms with van der Waals surface area (Å²) in [5, 5.41) is 9.20. The van der Waals surface area contributed by atoms with E-state index in [-0.39, 0.29) is 12.1 Å². The van der Waals surface area contributed by atoms with Crippen molar-refractivity contribution in [1.29, 1.82) is 0 Å². The molecule has 2 amide bonds. The van der Waals surface area contributed by atoms with E-state index in [0.29, 0.717) is 18.9 Å². The highest BCUT2D eigenvalue weighted by atomic mass is 16.4. The summed E-state index contributed by atoms with van der Waals surface area (Å²) in [6, 6.07) is -0.771. The number of hydrogen-bond acceptors (Lipinski definition) is 2. The van der Waals surface area contributed by atoms with E-state index < -0.39 is 12.0 Å². The molecule has 0 aliphatic heterocycles. The third-order valence-electron chi connectivity index (χ3n) is 3.63. The van der Waals surface area contributed by atoms with Crippen molar-refractivity contribution < 1.29 is 14.7 Å². The number of rotatable bonds is 8. The van der Waals surface area contributed by atoms with E-state index in [1.807, 2.05) is 4.90 Å². The summed E-state index contributed by atoms with van der Waals surface area (Å²) < 4.78 is 0. The molecule has 0 aromatic rings. The van der Waals surface area contributed by atoms with Crippen LogP contribution in [0.15, 0.2) is 0 Å². The highest BCUT2D eigenvalue weighted by Gasteiger charge is 2.31. The molecule has 20 heavy (non-hydrogen) atoms. The number of likely N-dealkylation sites (N-methyl/N-ethyl adjacent to an activating group) is 1. The molecule has 0 bridgehead atoms. The fraction of sp³-hybridized carbons (Fsp3) is 0.867. The Hall–Kier alpha value is -1.26. The fourth-order valence-corrected chi connectivity index (χ4v) is 2.46.